The third-order valence-corrected chi connectivity index (χ3v) is 4.21. The summed E-state index contributed by atoms with van der Waals surface area (Å²) in [6, 6.07) is 7.51. The first-order chi connectivity index (χ1) is 10.8. The zero-order chi connectivity index (χ0) is 15.9. The minimum atomic E-state index is 0.373. The lowest BCUT2D eigenvalue weighted by Crippen LogP contribution is -1.82. The van der Waals surface area contributed by atoms with Crippen LogP contribution in [-0.2, 0) is 0 Å². The first kappa shape index (κ1) is 18.8. The Bertz CT molecular complexity index is 395. The van der Waals surface area contributed by atoms with Crippen molar-refractivity contribution in [2.75, 3.05) is 0 Å². The Morgan fingerprint density at radius 2 is 1.32 bits per heavy atom. The fourth-order valence-corrected chi connectivity index (χ4v) is 2.77. The molecular weight excluding hydrogens is 268 g/mol. The number of hydrogen-bond acceptors (Lipinski definition) is 1. The van der Waals surface area contributed by atoms with Crippen LogP contribution in [0.3, 0.4) is 0 Å². The van der Waals surface area contributed by atoms with Crippen LogP contribution in [0.5, 0.6) is 5.75 Å². The van der Waals surface area contributed by atoms with E-state index in [2.05, 4.69) is 13.0 Å². The van der Waals surface area contributed by atoms with E-state index in [9.17, 15) is 5.11 Å². The highest BCUT2D eigenvalue weighted by Crippen LogP contribution is 2.18. The van der Waals surface area contributed by atoms with Crippen LogP contribution < -0.4 is 0 Å². The molecule has 0 aliphatic rings. The highest BCUT2D eigenvalue weighted by molar-refractivity contribution is 5.56. The quantitative estimate of drug-likeness (QED) is 0.385. The van der Waals surface area contributed by atoms with Crippen molar-refractivity contribution in [2.24, 2.45) is 0 Å². The van der Waals surface area contributed by atoms with Crippen LogP contribution in [0.2, 0.25) is 0 Å². The van der Waals surface area contributed by atoms with E-state index in [1.807, 2.05) is 24.3 Å². The maximum Gasteiger partial charge on any atom is 0.122 e. The molecule has 1 aromatic rings. The zero-order valence-corrected chi connectivity index (χ0v) is 14.4. The highest BCUT2D eigenvalue weighted by atomic mass is 16.3. The number of unbranched alkanes of at least 4 members (excludes halogenated alkanes) is 11. The molecular formula is C21H34O. The number of phenols is 1. The van der Waals surface area contributed by atoms with Crippen molar-refractivity contribution in [1.29, 1.82) is 0 Å². The van der Waals surface area contributed by atoms with Gasteiger partial charge in [0.2, 0.25) is 0 Å². The molecule has 124 valence electrons. The van der Waals surface area contributed by atoms with Gasteiger partial charge in [-0.2, -0.15) is 0 Å². The fraction of sp³-hybridized carbons (Fsp3) is 0.619. The van der Waals surface area contributed by atoms with Gasteiger partial charge in [0.15, 0.2) is 0 Å². The van der Waals surface area contributed by atoms with Crippen LogP contribution in [0.25, 0.3) is 6.08 Å². The molecule has 0 aliphatic carbocycles. The molecule has 1 nitrogen and oxygen atoms in total. The third kappa shape index (κ3) is 9.65. The molecule has 0 aromatic heterocycles. The molecule has 1 heteroatoms. The lowest BCUT2D eigenvalue weighted by molar-refractivity contribution is 0.474. The van der Waals surface area contributed by atoms with Crippen LogP contribution in [-0.4, -0.2) is 5.11 Å². The van der Waals surface area contributed by atoms with Gasteiger partial charge in [-0.15, -0.1) is 0 Å². The molecule has 0 fully saturated rings. The summed E-state index contributed by atoms with van der Waals surface area (Å²) in [6.07, 6.45) is 20.6. The SMILES string of the molecule is CCCCCCCCCCCCC/C=C/c1ccccc1O. The molecule has 0 heterocycles. The van der Waals surface area contributed by atoms with E-state index in [0.717, 1.165) is 12.0 Å². The van der Waals surface area contributed by atoms with Crippen molar-refractivity contribution >= 4 is 6.08 Å². The summed E-state index contributed by atoms with van der Waals surface area (Å²) in [6.45, 7) is 2.28. The van der Waals surface area contributed by atoms with Crippen LogP contribution in [0, 0.1) is 0 Å². The van der Waals surface area contributed by atoms with E-state index in [1.54, 1.807) is 6.07 Å². The normalized spacial score (nSPS) is 11.3. The monoisotopic (exact) mass is 302 g/mol. The van der Waals surface area contributed by atoms with Crippen molar-refractivity contribution in [3.05, 3.63) is 35.9 Å². The number of benzene rings is 1. The van der Waals surface area contributed by atoms with Gasteiger partial charge >= 0.3 is 0 Å². The van der Waals surface area contributed by atoms with Gasteiger partial charge < -0.3 is 5.11 Å². The summed E-state index contributed by atoms with van der Waals surface area (Å²) >= 11 is 0. The van der Waals surface area contributed by atoms with Crippen LogP contribution >= 0.6 is 0 Å². The molecule has 1 N–H and O–H groups in total. The molecule has 0 bridgehead atoms. The molecule has 0 radical (unpaired) electrons. The summed E-state index contributed by atoms with van der Waals surface area (Å²) in [5, 5.41) is 9.65. The number of allylic oxidation sites excluding steroid dienone is 1. The standard InChI is InChI=1S/C21H34O/c1-2-3-4-5-6-7-8-9-10-11-12-13-14-17-20-18-15-16-19-21(20)22/h14-19,22H,2-13H2,1H3/b17-14+. The second kappa shape index (κ2) is 13.4. The first-order valence-corrected chi connectivity index (χ1v) is 9.29. The van der Waals surface area contributed by atoms with E-state index in [1.165, 1.54) is 70.6 Å². The van der Waals surface area contributed by atoms with Crippen molar-refractivity contribution in [3.8, 4) is 5.75 Å². The van der Waals surface area contributed by atoms with E-state index in [-0.39, 0.29) is 0 Å². The maximum absolute atomic E-state index is 9.65. The summed E-state index contributed by atoms with van der Waals surface area (Å²) < 4.78 is 0. The van der Waals surface area contributed by atoms with Gasteiger partial charge in [0.1, 0.15) is 5.75 Å². The Balaban J connectivity index is 1.89. The third-order valence-electron chi connectivity index (χ3n) is 4.21. The van der Waals surface area contributed by atoms with Crippen LogP contribution in [0.4, 0.5) is 0 Å². The number of aromatic hydroxyl groups is 1. The molecule has 22 heavy (non-hydrogen) atoms. The smallest absolute Gasteiger partial charge is 0.122 e. The van der Waals surface area contributed by atoms with E-state index in [0.29, 0.717) is 5.75 Å². The molecule has 1 aromatic carbocycles. The van der Waals surface area contributed by atoms with E-state index < -0.39 is 0 Å². The van der Waals surface area contributed by atoms with Crippen LogP contribution in [0.15, 0.2) is 30.3 Å². The Hall–Kier alpha value is -1.24. The van der Waals surface area contributed by atoms with Crippen molar-refractivity contribution in [2.45, 2.75) is 84.0 Å². The van der Waals surface area contributed by atoms with Crippen molar-refractivity contribution < 1.29 is 5.11 Å². The average molecular weight is 303 g/mol. The first-order valence-electron chi connectivity index (χ1n) is 9.29. The highest BCUT2D eigenvalue weighted by Gasteiger charge is 1.94. The van der Waals surface area contributed by atoms with Gasteiger partial charge in [-0.25, -0.2) is 0 Å². The molecule has 0 spiro atoms. The summed E-state index contributed by atoms with van der Waals surface area (Å²) in [7, 11) is 0. The van der Waals surface area contributed by atoms with Gasteiger partial charge in [0.25, 0.3) is 0 Å². The average Bonchev–Trinajstić information content (AvgIpc) is 2.53. The van der Waals surface area contributed by atoms with E-state index >= 15 is 0 Å². The number of para-hydroxylation sites is 1. The lowest BCUT2D eigenvalue weighted by atomic mass is 10.0. The predicted molar refractivity (Wildman–Crippen MR) is 98.2 cm³/mol. The Labute approximate surface area is 137 Å². The van der Waals surface area contributed by atoms with Crippen LogP contribution in [0.1, 0.15) is 89.5 Å². The molecule has 0 atom stereocenters. The summed E-state index contributed by atoms with van der Waals surface area (Å²) in [5.41, 5.74) is 0.922. The van der Waals surface area contributed by atoms with Gasteiger partial charge in [-0.1, -0.05) is 101 Å². The van der Waals surface area contributed by atoms with Gasteiger partial charge in [-0.3, -0.25) is 0 Å². The molecule has 0 amide bonds. The maximum atomic E-state index is 9.65. The topological polar surface area (TPSA) is 20.2 Å². The second-order valence-corrected chi connectivity index (χ2v) is 6.29. The van der Waals surface area contributed by atoms with E-state index in [4.69, 9.17) is 0 Å². The largest absolute Gasteiger partial charge is 0.507 e. The molecule has 1 rings (SSSR count). The van der Waals surface area contributed by atoms with Gasteiger partial charge in [-0.05, 0) is 18.9 Å². The predicted octanol–water partition coefficient (Wildman–Crippen LogP) is 7.11. The minimum absolute atomic E-state index is 0.373. The number of rotatable bonds is 13. The summed E-state index contributed by atoms with van der Waals surface area (Å²) in [5.74, 6) is 0.373. The minimum Gasteiger partial charge on any atom is -0.507 e. The lowest BCUT2D eigenvalue weighted by Gasteiger charge is -2.02. The molecule has 0 unspecified atom stereocenters. The fourth-order valence-electron chi connectivity index (χ4n) is 2.77. The molecule has 0 saturated heterocycles. The molecule has 0 saturated carbocycles. The Kier molecular flexibility index (Phi) is 11.5. The van der Waals surface area contributed by atoms with Gasteiger partial charge in [0.05, 0.1) is 0 Å². The van der Waals surface area contributed by atoms with Gasteiger partial charge in [0, 0.05) is 5.56 Å². The van der Waals surface area contributed by atoms with Crippen molar-refractivity contribution in [1.82, 2.24) is 0 Å². The summed E-state index contributed by atoms with van der Waals surface area (Å²) in [4.78, 5) is 0. The molecule has 0 aliphatic heterocycles. The Morgan fingerprint density at radius 1 is 0.773 bits per heavy atom. The van der Waals surface area contributed by atoms with Crippen molar-refractivity contribution in [3.63, 3.8) is 0 Å². The number of hydrogen-bond donors (Lipinski definition) is 1. The Morgan fingerprint density at radius 3 is 1.91 bits per heavy atom. The zero-order valence-electron chi connectivity index (χ0n) is 14.4. The number of phenolic OH excluding ortho intramolecular Hbond substituents is 1. The second-order valence-electron chi connectivity index (χ2n) is 6.29.